The molecule has 19 heavy (non-hydrogen) atoms. The van der Waals surface area contributed by atoms with Crippen LogP contribution in [0.25, 0.3) is 6.08 Å². The third-order valence-corrected chi connectivity index (χ3v) is 2.10. The van der Waals surface area contributed by atoms with Crippen LogP contribution in [-0.2, 0) is 14.3 Å². The fourth-order valence-corrected chi connectivity index (χ4v) is 1.31. The monoisotopic (exact) mass is 265 g/mol. The quantitative estimate of drug-likeness (QED) is 0.618. The van der Waals surface area contributed by atoms with Gasteiger partial charge in [-0.2, -0.15) is 0 Å². The minimum Gasteiger partial charge on any atom is -0.465 e. The molecule has 0 saturated heterocycles. The summed E-state index contributed by atoms with van der Waals surface area (Å²) in [6.07, 6.45) is 4.42. The van der Waals surface area contributed by atoms with E-state index >= 15 is 0 Å². The van der Waals surface area contributed by atoms with Gasteiger partial charge in [0.25, 0.3) is 0 Å². The largest absolute Gasteiger partial charge is 0.465 e. The number of ether oxygens (including phenoxy) is 1. The summed E-state index contributed by atoms with van der Waals surface area (Å²) in [6, 6.07) is 3.46. The van der Waals surface area contributed by atoms with E-state index in [1.165, 1.54) is 17.2 Å². The SMILES string of the molecule is CN(CC(=O)OC(C)(C)C)C(=O)/C=C/c1ccco1. The first-order valence-corrected chi connectivity index (χ1v) is 5.96. The van der Waals surface area contributed by atoms with Crippen LogP contribution >= 0.6 is 0 Å². The summed E-state index contributed by atoms with van der Waals surface area (Å²) >= 11 is 0. The summed E-state index contributed by atoms with van der Waals surface area (Å²) in [4.78, 5) is 24.6. The van der Waals surface area contributed by atoms with Crippen molar-refractivity contribution >= 4 is 18.0 Å². The summed E-state index contributed by atoms with van der Waals surface area (Å²) in [7, 11) is 1.54. The second-order valence-electron chi connectivity index (χ2n) is 5.13. The molecule has 0 unspecified atom stereocenters. The van der Waals surface area contributed by atoms with Crippen molar-refractivity contribution in [3.63, 3.8) is 0 Å². The second kappa shape index (κ2) is 6.22. The molecule has 104 valence electrons. The maximum atomic E-state index is 11.7. The Bertz CT molecular complexity index is 454. The molecular weight excluding hydrogens is 246 g/mol. The van der Waals surface area contributed by atoms with Gasteiger partial charge in [0.1, 0.15) is 17.9 Å². The molecule has 0 aromatic carbocycles. The Hall–Kier alpha value is -2.04. The molecule has 1 heterocycles. The van der Waals surface area contributed by atoms with Gasteiger partial charge in [0.05, 0.1) is 6.26 Å². The van der Waals surface area contributed by atoms with Crippen LogP contribution in [-0.4, -0.2) is 36.0 Å². The summed E-state index contributed by atoms with van der Waals surface area (Å²) in [5.74, 6) is -0.143. The van der Waals surface area contributed by atoms with Crippen LogP contribution < -0.4 is 0 Å². The molecule has 0 aliphatic rings. The van der Waals surface area contributed by atoms with Gasteiger partial charge in [-0.05, 0) is 39.0 Å². The maximum absolute atomic E-state index is 11.7. The molecule has 0 fully saturated rings. The van der Waals surface area contributed by atoms with E-state index in [0.29, 0.717) is 5.76 Å². The fourth-order valence-electron chi connectivity index (χ4n) is 1.31. The van der Waals surface area contributed by atoms with E-state index in [1.807, 2.05) is 0 Å². The fraction of sp³-hybridized carbons (Fsp3) is 0.429. The number of nitrogens with zero attached hydrogens (tertiary/aromatic N) is 1. The molecule has 0 atom stereocenters. The molecule has 5 nitrogen and oxygen atoms in total. The van der Waals surface area contributed by atoms with Crippen molar-refractivity contribution in [3.05, 3.63) is 30.2 Å². The van der Waals surface area contributed by atoms with Crippen LogP contribution in [0.3, 0.4) is 0 Å². The van der Waals surface area contributed by atoms with Crippen LogP contribution in [0, 0.1) is 0 Å². The number of furan rings is 1. The summed E-state index contributed by atoms with van der Waals surface area (Å²) in [6.45, 7) is 5.26. The molecule has 0 aliphatic heterocycles. The molecule has 1 aromatic heterocycles. The smallest absolute Gasteiger partial charge is 0.326 e. The van der Waals surface area contributed by atoms with Gasteiger partial charge in [-0.25, -0.2) is 0 Å². The molecular formula is C14H19NO4. The van der Waals surface area contributed by atoms with Crippen molar-refractivity contribution in [1.29, 1.82) is 0 Å². The standard InChI is InChI=1S/C14H19NO4/c1-14(2,3)19-13(17)10-15(4)12(16)8-7-11-6-5-9-18-11/h5-9H,10H2,1-4H3/b8-7+. The number of hydrogen-bond acceptors (Lipinski definition) is 4. The molecule has 1 aromatic rings. The Labute approximate surface area is 112 Å². The number of likely N-dealkylation sites (N-methyl/N-ethyl adjacent to an activating group) is 1. The molecule has 0 radical (unpaired) electrons. The highest BCUT2D eigenvalue weighted by Crippen LogP contribution is 2.07. The van der Waals surface area contributed by atoms with Crippen molar-refractivity contribution in [2.75, 3.05) is 13.6 Å². The van der Waals surface area contributed by atoms with Crippen LogP contribution in [0.5, 0.6) is 0 Å². The van der Waals surface area contributed by atoms with Crippen LogP contribution in [0.15, 0.2) is 28.9 Å². The first-order valence-electron chi connectivity index (χ1n) is 5.96. The minimum absolute atomic E-state index is 0.0847. The average Bonchev–Trinajstić information content (AvgIpc) is 2.75. The van der Waals surface area contributed by atoms with Crippen molar-refractivity contribution in [2.45, 2.75) is 26.4 Å². The zero-order chi connectivity index (χ0) is 14.5. The Morgan fingerprint density at radius 3 is 2.63 bits per heavy atom. The topological polar surface area (TPSA) is 59.8 Å². The maximum Gasteiger partial charge on any atom is 0.326 e. The van der Waals surface area contributed by atoms with Crippen LogP contribution in [0.2, 0.25) is 0 Å². The number of carbonyl (C=O) groups excluding carboxylic acids is 2. The van der Waals surface area contributed by atoms with E-state index in [1.54, 1.807) is 46.0 Å². The van der Waals surface area contributed by atoms with Crippen molar-refractivity contribution < 1.29 is 18.7 Å². The summed E-state index contributed by atoms with van der Waals surface area (Å²) in [5, 5.41) is 0. The summed E-state index contributed by atoms with van der Waals surface area (Å²) < 4.78 is 10.2. The molecule has 0 N–H and O–H groups in total. The minimum atomic E-state index is -0.551. The average molecular weight is 265 g/mol. The molecule has 0 bridgehead atoms. The lowest BCUT2D eigenvalue weighted by Crippen LogP contribution is -2.35. The second-order valence-corrected chi connectivity index (χ2v) is 5.13. The first kappa shape index (κ1) is 15.0. The highest BCUT2D eigenvalue weighted by Gasteiger charge is 2.18. The Morgan fingerprint density at radius 1 is 1.42 bits per heavy atom. The van der Waals surface area contributed by atoms with Gasteiger partial charge in [-0.3, -0.25) is 9.59 Å². The Balaban J connectivity index is 2.47. The molecule has 5 heteroatoms. The van der Waals surface area contributed by atoms with Gasteiger partial charge in [0.15, 0.2) is 0 Å². The lowest BCUT2D eigenvalue weighted by Gasteiger charge is -2.21. The number of amides is 1. The van der Waals surface area contributed by atoms with Crippen molar-refractivity contribution in [1.82, 2.24) is 4.90 Å². The van der Waals surface area contributed by atoms with E-state index in [9.17, 15) is 9.59 Å². The number of carbonyl (C=O) groups is 2. The molecule has 1 amide bonds. The highest BCUT2D eigenvalue weighted by molar-refractivity contribution is 5.93. The third-order valence-electron chi connectivity index (χ3n) is 2.10. The van der Waals surface area contributed by atoms with Gasteiger partial charge in [0.2, 0.25) is 5.91 Å². The lowest BCUT2D eigenvalue weighted by atomic mass is 10.2. The number of hydrogen-bond donors (Lipinski definition) is 0. The number of rotatable bonds is 4. The zero-order valence-electron chi connectivity index (χ0n) is 11.7. The Kier molecular flexibility index (Phi) is 4.92. The van der Waals surface area contributed by atoms with E-state index in [0.717, 1.165) is 0 Å². The molecule has 0 aliphatic carbocycles. The first-order chi connectivity index (χ1) is 8.78. The Morgan fingerprint density at radius 2 is 2.11 bits per heavy atom. The zero-order valence-corrected chi connectivity index (χ0v) is 11.7. The lowest BCUT2D eigenvalue weighted by molar-refractivity contribution is -0.157. The number of esters is 1. The highest BCUT2D eigenvalue weighted by atomic mass is 16.6. The van der Waals surface area contributed by atoms with E-state index in [4.69, 9.17) is 9.15 Å². The van der Waals surface area contributed by atoms with E-state index in [-0.39, 0.29) is 12.5 Å². The van der Waals surface area contributed by atoms with Crippen molar-refractivity contribution in [2.24, 2.45) is 0 Å². The predicted molar refractivity (Wildman–Crippen MR) is 71.2 cm³/mol. The van der Waals surface area contributed by atoms with E-state index in [2.05, 4.69) is 0 Å². The van der Waals surface area contributed by atoms with Gasteiger partial charge in [0, 0.05) is 13.1 Å². The molecule has 0 saturated carbocycles. The molecule has 1 rings (SSSR count). The van der Waals surface area contributed by atoms with Gasteiger partial charge < -0.3 is 14.1 Å². The van der Waals surface area contributed by atoms with Gasteiger partial charge in [-0.15, -0.1) is 0 Å². The van der Waals surface area contributed by atoms with E-state index < -0.39 is 11.6 Å². The van der Waals surface area contributed by atoms with Crippen molar-refractivity contribution in [3.8, 4) is 0 Å². The van der Waals surface area contributed by atoms with Gasteiger partial charge >= 0.3 is 5.97 Å². The van der Waals surface area contributed by atoms with Crippen LogP contribution in [0.4, 0.5) is 0 Å². The van der Waals surface area contributed by atoms with Crippen LogP contribution in [0.1, 0.15) is 26.5 Å². The molecule has 0 spiro atoms. The normalized spacial score (nSPS) is 11.6. The predicted octanol–water partition coefficient (Wildman–Crippen LogP) is 2.09. The van der Waals surface area contributed by atoms with Gasteiger partial charge in [-0.1, -0.05) is 0 Å². The third kappa shape index (κ3) is 5.90. The summed E-state index contributed by atoms with van der Waals surface area (Å²) in [5.41, 5.74) is -0.551.